The molecule has 0 unspecified atom stereocenters. The van der Waals surface area contributed by atoms with Crippen molar-refractivity contribution < 1.29 is 0 Å². The van der Waals surface area contributed by atoms with Crippen molar-refractivity contribution in [2.45, 2.75) is 131 Å². The Morgan fingerprint density at radius 2 is 0.835 bits per heavy atom. The van der Waals surface area contributed by atoms with Gasteiger partial charge in [-0.3, -0.25) is 0 Å². The summed E-state index contributed by atoms with van der Waals surface area (Å²) >= 11 is 1.97. The summed E-state index contributed by atoms with van der Waals surface area (Å²) in [6.07, 6.45) is 0. The van der Waals surface area contributed by atoms with Crippen LogP contribution in [0.15, 0.2) is 212 Å². The summed E-state index contributed by atoms with van der Waals surface area (Å²) in [4.78, 5) is 7.81. The second-order valence-electron chi connectivity index (χ2n) is 29.2. The van der Waals surface area contributed by atoms with Crippen LogP contribution < -0.4 is 30.4 Å². The molecule has 5 heteroatoms. The zero-order chi connectivity index (χ0) is 59.7. The van der Waals surface area contributed by atoms with Gasteiger partial charge in [-0.25, -0.2) is 0 Å². The van der Waals surface area contributed by atoms with E-state index in [1.807, 2.05) is 11.3 Å². The van der Waals surface area contributed by atoms with E-state index in [0.29, 0.717) is 0 Å². The van der Waals surface area contributed by atoms with Gasteiger partial charge in [-0.15, -0.1) is 11.3 Å². The molecule has 0 N–H and O–H groups in total. The van der Waals surface area contributed by atoms with E-state index in [1.54, 1.807) is 0 Å². The number of anilines is 9. The van der Waals surface area contributed by atoms with Crippen molar-refractivity contribution >= 4 is 106 Å². The fourth-order valence-corrected chi connectivity index (χ4v) is 14.4. The minimum absolute atomic E-state index is 0.00970. The van der Waals surface area contributed by atoms with Gasteiger partial charge in [0.15, 0.2) is 0 Å². The van der Waals surface area contributed by atoms with E-state index in [9.17, 15) is 0 Å². The lowest BCUT2D eigenvalue weighted by Crippen LogP contribution is -2.60. The molecular weight excluding hydrogens is 1050 g/mol. The molecule has 0 amide bonds. The lowest BCUT2D eigenvalue weighted by Gasteiger charge is -2.44. The van der Waals surface area contributed by atoms with E-state index in [2.05, 4.69) is 331 Å². The minimum atomic E-state index is -0.121. The molecule has 0 saturated heterocycles. The van der Waals surface area contributed by atoms with Gasteiger partial charge in [-0.2, -0.15) is 0 Å². The zero-order valence-corrected chi connectivity index (χ0v) is 53.4. The van der Waals surface area contributed by atoms with Crippen molar-refractivity contribution in [3.8, 4) is 22.3 Å². The minimum Gasteiger partial charge on any atom is -0.311 e. The number of hydrogen-bond acceptors (Lipinski definition) is 4. The molecule has 0 bridgehead atoms. The van der Waals surface area contributed by atoms with Crippen LogP contribution in [0, 0.1) is 0 Å². The third-order valence-electron chi connectivity index (χ3n) is 18.0. The molecule has 424 valence electrons. The second-order valence-corrected chi connectivity index (χ2v) is 30.2. The van der Waals surface area contributed by atoms with Crippen molar-refractivity contribution in [2.75, 3.05) is 14.7 Å². The second kappa shape index (κ2) is 20.3. The Hall–Kier alpha value is -8.12. The van der Waals surface area contributed by atoms with Gasteiger partial charge in [0, 0.05) is 60.2 Å². The van der Waals surface area contributed by atoms with Gasteiger partial charge in [0.2, 0.25) is 0 Å². The van der Waals surface area contributed by atoms with Gasteiger partial charge in [0.1, 0.15) is 0 Å². The van der Waals surface area contributed by atoms with Crippen molar-refractivity contribution in [2.24, 2.45) is 0 Å². The van der Waals surface area contributed by atoms with Crippen LogP contribution in [0.25, 0.3) is 43.1 Å². The number of thiophene rings is 1. The van der Waals surface area contributed by atoms with Gasteiger partial charge >= 0.3 is 0 Å². The summed E-state index contributed by atoms with van der Waals surface area (Å²) in [5.41, 5.74) is 24.2. The Morgan fingerprint density at radius 1 is 0.365 bits per heavy atom. The largest absolute Gasteiger partial charge is 0.311 e. The molecule has 13 rings (SSSR count). The summed E-state index contributed by atoms with van der Waals surface area (Å²) in [5, 5.41) is 3.75. The fraction of sp³-hybridized carbons (Fsp3) is 0.250. The van der Waals surface area contributed by atoms with Crippen LogP contribution in [0.3, 0.4) is 0 Å². The molecule has 0 spiro atoms. The summed E-state index contributed by atoms with van der Waals surface area (Å²) < 4.78 is 2.65. The monoisotopic (exact) mass is 1130 g/mol. The van der Waals surface area contributed by atoms with Crippen molar-refractivity contribution in [3.63, 3.8) is 0 Å². The standard InChI is InChI=1S/C80H80BN3S/c1-76(2,3)54-28-37-59(38-29-54)82(60-39-30-55(31-40-60)77(4,5)6)68-50-69-67(49-65(68)52-22-17-16-18-23-52)81-73-70(83(69)61-41-32-56(33-42-61)78(7,8)9)46-53(64-27-21-25-51-24-19-20-26-63(51)64)47-71(73)84(62-43-34-57(35-44-62)79(10,11)12)74-66-48-58(80(13,14)15)36-45-72(66)85-75(74)81/h16-50H,1-15H3. The number of nitrogens with zero attached hydrogens (tertiary/aromatic N) is 3. The predicted molar refractivity (Wildman–Crippen MR) is 372 cm³/mol. The summed E-state index contributed by atoms with van der Waals surface area (Å²) in [7, 11) is 0. The molecule has 85 heavy (non-hydrogen) atoms. The first-order chi connectivity index (χ1) is 40.3. The molecule has 10 aromatic carbocycles. The van der Waals surface area contributed by atoms with Gasteiger partial charge in [-0.1, -0.05) is 237 Å². The molecule has 0 aliphatic carbocycles. The van der Waals surface area contributed by atoms with E-state index < -0.39 is 0 Å². The van der Waals surface area contributed by atoms with Crippen molar-refractivity contribution in [1.29, 1.82) is 0 Å². The van der Waals surface area contributed by atoms with Crippen LogP contribution in [-0.4, -0.2) is 6.71 Å². The first-order valence-corrected chi connectivity index (χ1v) is 31.4. The molecule has 2 aliphatic heterocycles. The average molecular weight is 1130 g/mol. The molecule has 0 atom stereocenters. The number of rotatable bonds is 7. The van der Waals surface area contributed by atoms with Crippen LogP contribution in [0.1, 0.15) is 132 Å². The van der Waals surface area contributed by atoms with Crippen LogP contribution in [0.2, 0.25) is 0 Å². The highest BCUT2D eigenvalue weighted by molar-refractivity contribution is 7.33. The van der Waals surface area contributed by atoms with E-state index in [4.69, 9.17) is 0 Å². The molecule has 1 aromatic heterocycles. The van der Waals surface area contributed by atoms with E-state index in [1.165, 1.54) is 109 Å². The summed E-state index contributed by atoms with van der Waals surface area (Å²) in [6.45, 7) is 34.6. The van der Waals surface area contributed by atoms with Gasteiger partial charge < -0.3 is 14.7 Å². The van der Waals surface area contributed by atoms with Gasteiger partial charge in [0.25, 0.3) is 6.71 Å². The molecule has 0 fully saturated rings. The van der Waals surface area contributed by atoms with Crippen LogP contribution in [0.4, 0.5) is 51.2 Å². The maximum atomic E-state index is 2.65. The first kappa shape index (κ1) is 56.0. The van der Waals surface area contributed by atoms with E-state index >= 15 is 0 Å². The SMILES string of the molecule is CC(C)(C)c1ccc(N(c2ccc(C(C)(C)C)cc2)c2cc3c(cc2-c2ccccc2)B2c4sc5ccc(C(C)(C)C)cc5c4N(c4ccc(C(C)(C)C)cc4)c4cc(-c5cccc6ccccc56)cc(c42)N3c2ccc(C(C)(C)C)cc2)cc1. The zero-order valence-electron chi connectivity index (χ0n) is 52.5. The highest BCUT2D eigenvalue weighted by Gasteiger charge is 2.47. The molecule has 11 aromatic rings. The molecule has 2 aliphatic rings. The number of fused-ring (bicyclic) bond motifs is 7. The molecular formula is C80H80BN3S. The summed E-state index contributed by atoms with van der Waals surface area (Å²) in [6, 6.07) is 82.1. The molecule has 0 saturated carbocycles. The smallest absolute Gasteiger partial charge is 0.264 e. The third-order valence-corrected chi connectivity index (χ3v) is 19.3. The van der Waals surface area contributed by atoms with Gasteiger partial charge in [0.05, 0.1) is 11.4 Å². The van der Waals surface area contributed by atoms with E-state index in [-0.39, 0.29) is 33.8 Å². The van der Waals surface area contributed by atoms with Crippen LogP contribution in [-0.2, 0) is 27.1 Å². The maximum absolute atomic E-state index is 2.65. The number of benzene rings is 10. The molecule has 0 radical (unpaired) electrons. The Bertz CT molecular complexity index is 4280. The average Bonchev–Trinajstić information content (AvgIpc) is 2.05. The lowest BCUT2D eigenvalue weighted by atomic mass is 9.36. The summed E-state index contributed by atoms with van der Waals surface area (Å²) in [5.74, 6) is 0. The van der Waals surface area contributed by atoms with Crippen LogP contribution >= 0.6 is 11.3 Å². The van der Waals surface area contributed by atoms with Crippen LogP contribution in [0.5, 0.6) is 0 Å². The highest BCUT2D eigenvalue weighted by Crippen LogP contribution is 2.53. The fourth-order valence-electron chi connectivity index (χ4n) is 13.1. The lowest BCUT2D eigenvalue weighted by molar-refractivity contribution is 0.590. The third kappa shape index (κ3) is 9.97. The Morgan fingerprint density at radius 3 is 1.38 bits per heavy atom. The van der Waals surface area contributed by atoms with Crippen molar-refractivity contribution in [3.05, 3.63) is 240 Å². The normalized spacial score (nSPS) is 13.5. The Balaban J connectivity index is 1.19. The molecule has 3 nitrogen and oxygen atoms in total. The first-order valence-electron chi connectivity index (χ1n) is 30.6. The highest BCUT2D eigenvalue weighted by atomic mass is 32.1. The number of hydrogen-bond donors (Lipinski definition) is 0. The quantitative estimate of drug-likeness (QED) is 0.147. The predicted octanol–water partition coefficient (Wildman–Crippen LogP) is 21.4. The Kier molecular flexibility index (Phi) is 13.4. The van der Waals surface area contributed by atoms with Crippen molar-refractivity contribution in [1.82, 2.24) is 0 Å². The topological polar surface area (TPSA) is 9.72 Å². The Labute approximate surface area is 510 Å². The molecule has 3 heterocycles. The van der Waals surface area contributed by atoms with Gasteiger partial charge in [-0.05, 0) is 172 Å². The maximum Gasteiger partial charge on any atom is 0.264 e. The van der Waals surface area contributed by atoms with E-state index in [0.717, 1.165) is 28.4 Å².